The van der Waals surface area contributed by atoms with Crippen LogP contribution >= 0.6 is 0 Å². The topological polar surface area (TPSA) is 42.3 Å². The summed E-state index contributed by atoms with van der Waals surface area (Å²) < 4.78 is 0. The van der Waals surface area contributed by atoms with Gasteiger partial charge in [-0.3, -0.25) is 0 Å². The van der Waals surface area contributed by atoms with Gasteiger partial charge < -0.3 is 16.0 Å². The van der Waals surface area contributed by atoms with Crippen LogP contribution in [0.5, 0.6) is 0 Å². The van der Waals surface area contributed by atoms with E-state index in [1.54, 1.807) is 0 Å². The van der Waals surface area contributed by atoms with E-state index < -0.39 is 0 Å². The fraction of sp³-hybridized carbons (Fsp3) is 0. The van der Waals surface area contributed by atoms with Crippen molar-refractivity contribution in [3.05, 3.63) is 198 Å². The van der Waals surface area contributed by atoms with Crippen molar-refractivity contribution >= 4 is 34.1 Å². The van der Waals surface area contributed by atoms with Crippen molar-refractivity contribution in [2.24, 2.45) is 0 Å². The van der Waals surface area contributed by atoms with E-state index in [1.165, 1.54) is 0 Å². The maximum absolute atomic E-state index is 4.44. The van der Waals surface area contributed by atoms with E-state index in [9.17, 15) is 0 Å². The Balaban J connectivity index is 0.000000163. The molecule has 6 aromatic carbocycles. The zero-order valence-corrected chi connectivity index (χ0v) is 23.3. The van der Waals surface area contributed by atoms with Gasteiger partial charge >= 0.3 is 17.4 Å². The molecule has 0 aliphatic carbocycles. The molecule has 6 rings (SSSR count). The number of nitrogens with zero attached hydrogens (tertiary/aromatic N) is 3. The molecule has 4 heteroatoms. The van der Waals surface area contributed by atoms with Crippen molar-refractivity contribution in [2.75, 3.05) is 0 Å². The third-order valence-corrected chi connectivity index (χ3v) is 5.31. The van der Waals surface area contributed by atoms with Crippen LogP contribution in [-0.2, 0) is 17.4 Å². The van der Waals surface area contributed by atoms with Crippen LogP contribution in [0.25, 0.3) is 16.0 Å². The summed E-state index contributed by atoms with van der Waals surface area (Å²) in [7, 11) is 0. The van der Waals surface area contributed by atoms with Crippen LogP contribution in [-0.4, -0.2) is 0 Å². The number of benzene rings is 6. The molecule has 6 aromatic rings. The molecule has 195 valence electrons. The van der Waals surface area contributed by atoms with Gasteiger partial charge in [-0.15, -0.1) is 34.1 Å². The first-order valence-corrected chi connectivity index (χ1v) is 12.8. The second-order valence-electron chi connectivity index (χ2n) is 8.35. The number of para-hydroxylation sites is 6. The molecule has 40 heavy (non-hydrogen) atoms. The van der Waals surface area contributed by atoms with E-state index >= 15 is 0 Å². The maximum Gasteiger partial charge on any atom is 3.00 e. The maximum atomic E-state index is 4.44. The Bertz CT molecular complexity index is 1140. The minimum atomic E-state index is 0. The van der Waals surface area contributed by atoms with Gasteiger partial charge in [0.15, 0.2) is 0 Å². The predicted molar refractivity (Wildman–Crippen MR) is 167 cm³/mol. The minimum Gasteiger partial charge on any atom is -0.658 e. The molecular formula is C36H30CrN3. The zero-order valence-electron chi connectivity index (χ0n) is 22.1. The van der Waals surface area contributed by atoms with Gasteiger partial charge in [-0.1, -0.05) is 182 Å². The van der Waals surface area contributed by atoms with Crippen molar-refractivity contribution < 1.29 is 17.4 Å². The van der Waals surface area contributed by atoms with Crippen LogP contribution < -0.4 is 0 Å². The Hall–Kier alpha value is -4.75. The van der Waals surface area contributed by atoms with E-state index in [4.69, 9.17) is 0 Å². The molecule has 0 amide bonds. The summed E-state index contributed by atoms with van der Waals surface area (Å²) in [5.74, 6) is 0. The van der Waals surface area contributed by atoms with Crippen molar-refractivity contribution in [1.29, 1.82) is 0 Å². The SMILES string of the molecule is [Cr+3].c1ccc([N-]c2ccccc2)cc1.c1ccc([N-]c2ccccc2)cc1.c1ccc([N-]c2ccccc2)cc1. The van der Waals surface area contributed by atoms with Gasteiger partial charge in [0, 0.05) is 0 Å². The molecular weight excluding hydrogens is 526 g/mol. The third-order valence-electron chi connectivity index (χ3n) is 5.31. The Labute approximate surface area is 248 Å². The van der Waals surface area contributed by atoms with Crippen molar-refractivity contribution in [1.82, 2.24) is 0 Å². The molecule has 3 nitrogen and oxygen atoms in total. The molecule has 0 fully saturated rings. The van der Waals surface area contributed by atoms with Crippen LogP contribution in [0.4, 0.5) is 34.1 Å². The van der Waals surface area contributed by atoms with Gasteiger partial charge in [0.1, 0.15) is 0 Å². The first-order chi connectivity index (χ1) is 19.3. The number of hydrogen-bond donors (Lipinski definition) is 0. The van der Waals surface area contributed by atoms with Crippen LogP contribution in [0.1, 0.15) is 0 Å². The average molecular weight is 557 g/mol. The molecule has 0 saturated carbocycles. The molecule has 1 radical (unpaired) electrons. The largest absolute Gasteiger partial charge is 3.00 e. The van der Waals surface area contributed by atoms with Crippen molar-refractivity contribution in [3.8, 4) is 0 Å². The molecule has 0 saturated heterocycles. The van der Waals surface area contributed by atoms with Gasteiger partial charge in [-0.05, 0) is 0 Å². The fourth-order valence-electron chi connectivity index (χ4n) is 3.46. The smallest absolute Gasteiger partial charge is 0.658 e. The van der Waals surface area contributed by atoms with Gasteiger partial charge in [-0.25, -0.2) is 0 Å². The monoisotopic (exact) mass is 556 g/mol. The van der Waals surface area contributed by atoms with E-state index in [0.717, 1.165) is 34.1 Å². The van der Waals surface area contributed by atoms with Crippen LogP contribution in [0.3, 0.4) is 0 Å². The van der Waals surface area contributed by atoms with Crippen molar-refractivity contribution in [3.63, 3.8) is 0 Å². The Morgan fingerprint density at radius 3 is 0.450 bits per heavy atom. The summed E-state index contributed by atoms with van der Waals surface area (Å²) in [6.07, 6.45) is 0. The Morgan fingerprint density at radius 2 is 0.325 bits per heavy atom. The van der Waals surface area contributed by atoms with Gasteiger partial charge in [0.2, 0.25) is 0 Å². The average Bonchev–Trinajstić information content (AvgIpc) is 3.01. The summed E-state index contributed by atoms with van der Waals surface area (Å²) >= 11 is 0. The molecule has 0 aliphatic heterocycles. The first kappa shape index (κ1) is 29.8. The normalized spacial score (nSPS) is 9.30. The number of hydrogen-bond acceptors (Lipinski definition) is 0. The predicted octanol–water partition coefficient (Wildman–Crippen LogP) is 12.1. The summed E-state index contributed by atoms with van der Waals surface area (Å²) in [5.41, 5.74) is 5.97. The number of rotatable bonds is 6. The molecule has 0 N–H and O–H groups in total. The quantitative estimate of drug-likeness (QED) is 0.196. The Kier molecular flexibility index (Phi) is 13.2. The molecule has 0 bridgehead atoms. The van der Waals surface area contributed by atoms with Gasteiger partial charge in [0.25, 0.3) is 0 Å². The minimum absolute atomic E-state index is 0. The fourth-order valence-corrected chi connectivity index (χ4v) is 3.46. The summed E-state index contributed by atoms with van der Waals surface area (Å²) in [6.45, 7) is 0. The molecule has 0 unspecified atom stereocenters. The first-order valence-electron chi connectivity index (χ1n) is 12.8. The van der Waals surface area contributed by atoms with Crippen LogP contribution in [0.2, 0.25) is 0 Å². The second kappa shape index (κ2) is 17.7. The second-order valence-corrected chi connectivity index (χ2v) is 8.35. The zero-order chi connectivity index (χ0) is 26.8. The van der Waals surface area contributed by atoms with Crippen LogP contribution in [0, 0.1) is 0 Å². The summed E-state index contributed by atoms with van der Waals surface area (Å²) in [5, 5.41) is 13.3. The van der Waals surface area contributed by atoms with E-state index in [2.05, 4.69) is 16.0 Å². The molecule has 0 spiro atoms. The Morgan fingerprint density at radius 1 is 0.200 bits per heavy atom. The van der Waals surface area contributed by atoms with Gasteiger partial charge in [0.05, 0.1) is 0 Å². The molecule has 0 heterocycles. The van der Waals surface area contributed by atoms with E-state index in [1.807, 2.05) is 182 Å². The summed E-state index contributed by atoms with van der Waals surface area (Å²) in [6, 6.07) is 59.7. The standard InChI is InChI=1S/3C12H10N.Cr/c3*1-3-7-11(8-4-1)13-12-9-5-2-6-10-12;/h3*1-10H;/q3*-1;+3. The molecule has 0 aromatic heterocycles. The third kappa shape index (κ3) is 11.3. The van der Waals surface area contributed by atoms with E-state index in [0.29, 0.717) is 0 Å². The van der Waals surface area contributed by atoms with Crippen LogP contribution in [0.15, 0.2) is 182 Å². The van der Waals surface area contributed by atoms with Gasteiger partial charge in [-0.2, -0.15) is 0 Å². The molecule has 0 aliphatic rings. The van der Waals surface area contributed by atoms with Crippen molar-refractivity contribution in [2.45, 2.75) is 0 Å². The molecule has 0 atom stereocenters. The summed E-state index contributed by atoms with van der Waals surface area (Å²) in [4.78, 5) is 0. The van der Waals surface area contributed by atoms with E-state index in [-0.39, 0.29) is 17.4 Å².